The maximum atomic E-state index is 12.6. The molecule has 1 aliphatic rings. The van der Waals surface area contributed by atoms with Gasteiger partial charge in [-0.25, -0.2) is 9.48 Å². The average Bonchev–Trinajstić information content (AvgIpc) is 3.10. The zero-order valence-corrected chi connectivity index (χ0v) is 17.7. The van der Waals surface area contributed by atoms with Crippen LogP contribution < -0.4 is 31.0 Å². The van der Waals surface area contributed by atoms with Gasteiger partial charge in [-0.1, -0.05) is 0 Å². The first-order valence-corrected chi connectivity index (χ1v) is 10.1. The van der Waals surface area contributed by atoms with Gasteiger partial charge in [0.25, 0.3) is 11.8 Å². The molecule has 0 radical (unpaired) electrons. The molecule has 2 amide bonds. The summed E-state index contributed by atoms with van der Waals surface area (Å²) >= 11 is 0. The first-order chi connectivity index (χ1) is 14.9. The summed E-state index contributed by atoms with van der Waals surface area (Å²) in [6.45, 7) is 1.15. The average molecular weight is 433 g/mol. The van der Waals surface area contributed by atoms with Gasteiger partial charge in [-0.05, 0) is 31.4 Å². The van der Waals surface area contributed by atoms with Gasteiger partial charge in [0.05, 0.1) is 14.2 Å². The number of rotatable bonds is 10. The Labute approximate surface area is 179 Å². The van der Waals surface area contributed by atoms with Crippen LogP contribution in [-0.4, -0.2) is 53.5 Å². The quantitative estimate of drug-likeness (QED) is 0.506. The van der Waals surface area contributed by atoms with Gasteiger partial charge >= 0.3 is 5.69 Å². The van der Waals surface area contributed by atoms with Gasteiger partial charge in [-0.3, -0.25) is 14.2 Å². The molecule has 1 aliphatic heterocycles. The lowest BCUT2D eigenvalue weighted by atomic mass is 10.1. The van der Waals surface area contributed by atoms with Crippen molar-refractivity contribution in [3.05, 3.63) is 34.0 Å². The van der Waals surface area contributed by atoms with Crippen molar-refractivity contribution < 1.29 is 23.8 Å². The van der Waals surface area contributed by atoms with Gasteiger partial charge in [0, 0.05) is 31.6 Å². The number of hydrogen-bond acceptors (Lipinski definition) is 7. The fourth-order valence-corrected chi connectivity index (χ4v) is 3.42. The van der Waals surface area contributed by atoms with Gasteiger partial charge in [0.1, 0.15) is 5.82 Å². The van der Waals surface area contributed by atoms with Crippen LogP contribution in [0.4, 0.5) is 0 Å². The van der Waals surface area contributed by atoms with Crippen LogP contribution in [0.15, 0.2) is 16.9 Å². The number of hydrogen-bond donors (Lipinski definition) is 2. The van der Waals surface area contributed by atoms with Crippen molar-refractivity contribution in [2.45, 2.75) is 38.8 Å². The molecular weight excluding hydrogens is 406 g/mol. The van der Waals surface area contributed by atoms with Crippen LogP contribution in [-0.2, 0) is 24.3 Å². The van der Waals surface area contributed by atoms with Crippen molar-refractivity contribution in [2.24, 2.45) is 5.73 Å². The number of benzene rings is 1. The highest BCUT2D eigenvalue weighted by Gasteiger charge is 2.19. The van der Waals surface area contributed by atoms with Crippen LogP contribution in [0.3, 0.4) is 0 Å². The molecule has 0 bridgehead atoms. The Bertz CT molecular complexity index is 987. The van der Waals surface area contributed by atoms with Gasteiger partial charge in [0.2, 0.25) is 5.75 Å². The summed E-state index contributed by atoms with van der Waals surface area (Å²) in [5, 5.41) is 7.19. The predicted molar refractivity (Wildman–Crippen MR) is 111 cm³/mol. The number of aryl methyl sites for hydroxylation is 2. The van der Waals surface area contributed by atoms with E-state index in [-0.39, 0.29) is 35.5 Å². The Morgan fingerprint density at radius 3 is 2.52 bits per heavy atom. The van der Waals surface area contributed by atoms with Crippen molar-refractivity contribution in [2.75, 3.05) is 27.4 Å². The largest absolute Gasteiger partial charge is 0.493 e. The van der Waals surface area contributed by atoms with Crippen molar-refractivity contribution in [1.82, 2.24) is 19.7 Å². The molecule has 168 valence electrons. The van der Waals surface area contributed by atoms with E-state index in [2.05, 4.69) is 10.4 Å². The summed E-state index contributed by atoms with van der Waals surface area (Å²) < 4.78 is 19.1. The number of nitrogens with one attached hydrogen (secondary N) is 1. The van der Waals surface area contributed by atoms with Crippen LogP contribution in [0.1, 0.15) is 35.4 Å². The first-order valence-electron chi connectivity index (χ1n) is 10.1. The molecule has 0 unspecified atom stereocenters. The fourth-order valence-electron chi connectivity index (χ4n) is 3.42. The number of primary amides is 1. The summed E-state index contributed by atoms with van der Waals surface area (Å²) in [6, 6.07) is 2.98. The van der Waals surface area contributed by atoms with Crippen molar-refractivity contribution in [3.63, 3.8) is 0 Å². The highest BCUT2D eigenvalue weighted by molar-refractivity contribution is 5.95. The van der Waals surface area contributed by atoms with E-state index in [0.29, 0.717) is 31.6 Å². The molecule has 3 N–H and O–H groups in total. The smallest absolute Gasteiger partial charge is 0.345 e. The molecule has 11 nitrogen and oxygen atoms in total. The van der Waals surface area contributed by atoms with E-state index in [4.69, 9.17) is 19.9 Å². The Morgan fingerprint density at radius 1 is 1.19 bits per heavy atom. The van der Waals surface area contributed by atoms with E-state index < -0.39 is 5.91 Å². The van der Waals surface area contributed by atoms with E-state index in [0.717, 1.165) is 25.1 Å². The zero-order valence-electron chi connectivity index (χ0n) is 17.7. The molecule has 31 heavy (non-hydrogen) atoms. The molecule has 3 rings (SSSR count). The van der Waals surface area contributed by atoms with Crippen molar-refractivity contribution in [3.8, 4) is 17.2 Å². The van der Waals surface area contributed by atoms with E-state index in [1.807, 2.05) is 0 Å². The molecule has 2 heterocycles. The second-order valence-corrected chi connectivity index (χ2v) is 7.11. The summed E-state index contributed by atoms with van der Waals surface area (Å²) in [6.07, 6.45) is 3.41. The topological polar surface area (TPSA) is 140 Å². The Morgan fingerprint density at radius 2 is 1.90 bits per heavy atom. The Kier molecular flexibility index (Phi) is 7.16. The number of carbonyl (C=O) groups is 2. The lowest BCUT2D eigenvalue weighted by Crippen LogP contribution is -2.29. The van der Waals surface area contributed by atoms with E-state index >= 15 is 0 Å². The monoisotopic (exact) mass is 433 g/mol. The minimum Gasteiger partial charge on any atom is -0.493 e. The SMILES string of the molecule is COc1cc(C(=O)NCCCn2nc3n(c2=O)CCCC3)cc(OC)c1OCC(N)=O. The third-order valence-corrected chi connectivity index (χ3v) is 4.95. The Hall–Kier alpha value is -3.50. The first kappa shape index (κ1) is 22.2. The summed E-state index contributed by atoms with van der Waals surface area (Å²) in [5.41, 5.74) is 5.32. The maximum Gasteiger partial charge on any atom is 0.345 e. The highest BCUT2D eigenvalue weighted by atomic mass is 16.5. The minimum atomic E-state index is -0.649. The van der Waals surface area contributed by atoms with Crippen LogP contribution in [0.5, 0.6) is 17.2 Å². The third kappa shape index (κ3) is 5.16. The van der Waals surface area contributed by atoms with Crippen LogP contribution >= 0.6 is 0 Å². The second-order valence-electron chi connectivity index (χ2n) is 7.11. The van der Waals surface area contributed by atoms with Gasteiger partial charge in [-0.2, -0.15) is 5.10 Å². The minimum absolute atomic E-state index is 0.0953. The van der Waals surface area contributed by atoms with E-state index in [1.54, 1.807) is 4.57 Å². The van der Waals surface area contributed by atoms with Gasteiger partial charge < -0.3 is 25.3 Å². The lowest BCUT2D eigenvalue weighted by molar-refractivity contribution is -0.120. The molecule has 0 fully saturated rings. The van der Waals surface area contributed by atoms with Crippen LogP contribution in [0, 0.1) is 0 Å². The van der Waals surface area contributed by atoms with Crippen LogP contribution in [0.25, 0.3) is 0 Å². The molecule has 0 atom stereocenters. The number of ether oxygens (including phenoxy) is 3. The zero-order chi connectivity index (χ0) is 22.4. The number of carbonyl (C=O) groups excluding carboxylic acids is 2. The fraction of sp³-hybridized carbons (Fsp3) is 0.500. The van der Waals surface area contributed by atoms with Crippen molar-refractivity contribution >= 4 is 11.8 Å². The number of amides is 2. The second kappa shape index (κ2) is 10.0. The van der Waals surface area contributed by atoms with Crippen LogP contribution in [0.2, 0.25) is 0 Å². The molecule has 0 saturated heterocycles. The number of aromatic nitrogens is 3. The summed E-state index contributed by atoms with van der Waals surface area (Å²) in [7, 11) is 2.82. The maximum absolute atomic E-state index is 12.6. The highest BCUT2D eigenvalue weighted by Crippen LogP contribution is 2.38. The van der Waals surface area contributed by atoms with Gasteiger partial charge in [-0.15, -0.1) is 0 Å². The normalized spacial score (nSPS) is 12.7. The lowest BCUT2D eigenvalue weighted by Gasteiger charge is -2.15. The molecule has 0 saturated carbocycles. The summed E-state index contributed by atoms with van der Waals surface area (Å²) in [5.74, 6) is 0.501. The van der Waals surface area contributed by atoms with Crippen molar-refractivity contribution in [1.29, 1.82) is 0 Å². The third-order valence-electron chi connectivity index (χ3n) is 4.95. The molecule has 0 spiro atoms. The molecule has 1 aromatic heterocycles. The number of methoxy groups -OCH3 is 2. The number of nitrogens with zero attached hydrogens (tertiary/aromatic N) is 3. The molecule has 0 aliphatic carbocycles. The molecule has 2 aromatic rings. The Balaban J connectivity index is 1.60. The van der Waals surface area contributed by atoms with E-state index in [1.165, 1.54) is 31.0 Å². The summed E-state index contributed by atoms with van der Waals surface area (Å²) in [4.78, 5) is 35.9. The standard InChI is InChI=1S/C20H27N5O6/c1-29-14-10-13(11-15(30-2)18(14)31-12-16(21)26)19(27)22-7-5-9-25-20(28)24-8-4-3-6-17(24)23-25/h10-11H,3-9,12H2,1-2H3,(H2,21,26)(H,22,27). The van der Waals surface area contributed by atoms with Gasteiger partial charge in [0.15, 0.2) is 18.1 Å². The van der Waals surface area contributed by atoms with E-state index in [9.17, 15) is 14.4 Å². The molecule has 11 heteroatoms. The molecule has 1 aromatic carbocycles. The number of nitrogens with two attached hydrogens (primary N) is 1. The number of fused-ring (bicyclic) bond motifs is 1. The predicted octanol–water partition coefficient (Wildman–Crippen LogP) is 0.0825. The molecular formula is C20H27N5O6.